The molecule has 0 spiro atoms. The van der Waals surface area contributed by atoms with Gasteiger partial charge < -0.3 is 15.0 Å². The van der Waals surface area contributed by atoms with Crippen molar-refractivity contribution in [3.8, 4) is 16.3 Å². The van der Waals surface area contributed by atoms with Crippen molar-refractivity contribution in [2.75, 3.05) is 6.54 Å². The second-order valence-corrected chi connectivity index (χ2v) is 8.93. The fourth-order valence-corrected chi connectivity index (χ4v) is 4.73. The van der Waals surface area contributed by atoms with Crippen LogP contribution in [0.4, 0.5) is 0 Å². The third-order valence-electron chi connectivity index (χ3n) is 5.31. The van der Waals surface area contributed by atoms with E-state index in [1.165, 1.54) is 0 Å². The molecule has 1 fully saturated rings. The molecule has 1 aromatic heterocycles. The summed E-state index contributed by atoms with van der Waals surface area (Å²) in [5, 5.41) is 6.34. The molecule has 2 atom stereocenters. The van der Waals surface area contributed by atoms with Gasteiger partial charge in [-0.15, -0.1) is 11.3 Å². The lowest BCUT2D eigenvalue weighted by Crippen LogP contribution is -2.49. The molecule has 1 aliphatic heterocycles. The van der Waals surface area contributed by atoms with Crippen molar-refractivity contribution in [1.29, 1.82) is 0 Å². The van der Waals surface area contributed by atoms with E-state index in [0.29, 0.717) is 30.3 Å². The number of benzene rings is 2. The highest BCUT2D eigenvalue weighted by atomic mass is 35.5. The summed E-state index contributed by atoms with van der Waals surface area (Å²) in [6.45, 7) is 2.56. The van der Waals surface area contributed by atoms with Gasteiger partial charge in [-0.2, -0.15) is 0 Å². The molecule has 6 nitrogen and oxygen atoms in total. The minimum atomic E-state index is -0.714. The number of carbonyl (C=O) groups is 2. The van der Waals surface area contributed by atoms with Crippen molar-refractivity contribution in [2.24, 2.45) is 0 Å². The van der Waals surface area contributed by atoms with Crippen LogP contribution in [-0.4, -0.2) is 40.4 Å². The van der Waals surface area contributed by atoms with Gasteiger partial charge in [0.15, 0.2) is 6.10 Å². The van der Waals surface area contributed by atoms with Gasteiger partial charge in [0, 0.05) is 22.5 Å². The van der Waals surface area contributed by atoms with Gasteiger partial charge in [0.1, 0.15) is 16.8 Å². The molecule has 2 aromatic carbocycles. The molecule has 0 bridgehead atoms. The number of thiazole rings is 1. The molecule has 4 rings (SSSR count). The minimum Gasteiger partial charge on any atom is -0.481 e. The molecule has 3 aromatic rings. The molecule has 1 saturated heterocycles. The molecule has 1 aliphatic rings. The van der Waals surface area contributed by atoms with Gasteiger partial charge in [0.05, 0.1) is 12.2 Å². The number of ether oxygens (including phenoxy) is 1. The predicted molar refractivity (Wildman–Crippen MR) is 126 cm³/mol. The van der Waals surface area contributed by atoms with E-state index in [0.717, 1.165) is 22.7 Å². The normalized spacial score (nSPS) is 16.6. The van der Waals surface area contributed by atoms with Crippen LogP contribution in [0.2, 0.25) is 5.02 Å². The second-order valence-electron chi connectivity index (χ2n) is 7.63. The van der Waals surface area contributed by atoms with Gasteiger partial charge in [-0.1, -0.05) is 48.0 Å². The Morgan fingerprint density at radius 2 is 2.06 bits per heavy atom. The molecule has 0 saturated carbocycles. The number of nitrogens with one attached hydrogen (secondary N) is 1. The first-order valence-electron chi connectivity index (χ1n) is 10.5. The van der Waals surface area contributed by atoms with Gasteiger partial charge in [-0.25, -0.2) is 4.98 Å². The molecule has 1 N–H and O–H groups in total. The first kappa shape index (κ1) is 22.3. The number of hydrogen-bond donors (Lipinski definition) is 1. The van der Waals surface area contributed by atoms with Crippen LogP contribution in [-0.2, 0) is 16.1 Å². The van der Waals surface area contributed by atoms with E-state index in [1.54, 1.807) is 47.4 Å². The molecule has 2 amide bonds. The number of aromatic nitrogens is 1. The van der Waals surface area contributed by atoms with E-state index < -0.39 is 12.1 Å². The lowest BCUT2D eigenvalue weighted by Gasteiger charge is -2.27. The van der Waals surface area contributed by atoms with Crippen molar-refractivity contribution in [2.45, 2.75) is 38.5 Å². The Kier molecular flexibility index (Phi) is 7.07. The SMILES string of the molecule is CC(Oc1cccc(Cl)c1)C(=O)N1CCC[C@@H]1C(=O)NCc1csc(-c2ccccc2)n1. The number of likely N-dealkylation sites (tertiary alicyclic amines) is 1. The highest BCUT2D eigenvalue weighted by Gasteiger charge is 2.36. The lowest BCUT2D eigenvalue weighted by molar-refractivity contribution is -0.143. The predicted octanol–water partition coefficient (Wildman–Crippen LogP) is 4.54. The summed E-state index contributed by atoms with van der Waals surface area (Å²) in [7, 11) is 0. The molecule has 1 unspecified atom stereocenters. The zero-order valence-corrected chi connectivity index (χ0v) is 19.2. The summed E-state index contributed by atoms with van der Waals surface area (Å²) < 4.78 is 5.76. The molecule has 0 aliphatic carbocycles. The topological polar surface area (TPSA) is 71.5 Å². The zero-order chi connectivity index (χ0) is 22.5. The average molecular weight is 470 g/mol. The van der Waals surface area contributed by atoms with E-state index in [-0.39, 0.29) is 11.8 Å². The number of hydrogen-bond acceptors (Lipinski definition) is 5. The summed E-state index contributed by atoms with van der Waals surface area (Å²) in [6, 6.07) is 16.4. The van der Waals surface area contributed by atoms with Gasteiger partial charge in [0.25, 0.3) is 5.91 Å². The third-order valence-corrected chi connectivity index (χ3v) is 6.49. The Morgan fingerprint density at radius 3 is 2.84 bits per heavy atom. The van der Waals surface area contributed by atoms with Crippen molar-refractivity contribution < 1.29 is 14.3 Å². The maximum absolute atomic E-state index is 13.0. The Labute approximate surface area is 196 Å². The third kappa shape index (κ3) is 5.29. The van der Waals surface area contributed by atoms with Crippen LogP contribution in [0.5, 0.6) is 5.75 Å². The molecule has 32 heavy (non-hydrogen) atoms. The van der Waals surface area contributed by atoms with Crippen LogP contribution in [0.3, 0.4) is 0 Å². The quantitative estimate of drug-likeness (QED) is 0.551. The van der Waals surface area contributed by atoms with Gasteiger partial charge >= 0.3 is 0 Å². The average Bonchev–Trinajstić information content (AvgIpc) is 3.47. The van der Waals surface area contributed by atoms with Crippen LogP contribution in [0.15, 0.2) is 60.0 Å². The standard InChI is InChI=1S/C24H24ClN3O3S/c1-16(31-20-10-5-9-18(25)13-20)24(30)28-12-6-11-21(28)22(29)26-14-19-15-32-23(27-19)17-7-3-2-4-8-17/h2-5,7-10,13,15-16,21H,6,11-12,14H2,1H3,(H,26,29)/t16?,21-/m1/s1. The molecule has 8 heteroatoms. The number of amides is 2. The van der Waals surface area contributed by atoms with Crippen molar-refractivity contribution in [1.82, 2.24) is 15.2 Å². The summed E-state index contributed by atoms with van der Waals surface area (Å²) in [6.07, 6.45) is 0.699. The number of halogens is 1. The summed E-state index contributed by atoms with van der Waals surface area (Å²) in [4.78, 5) is 32.0. The van der Waals surface area contributed by atoms with Crippen molar-refractivity contribution >= 4 is 34.8 Å². The maximum atomic E-state index is 13.0. The maximum Gasteiger partial charge on any atom is 0.264 e. The molecule has 2 heterocycles. The number of carbonyl (C=O) groups excluding carboxylic acids is 2. The fraction of sp³-hybridized carbons (Fsp3) is 0.292. The lowest BCUT2D eigenvalue weighted by atomic mass is 10.2. The van der Waals surface area contributed by atoms with Crippen molar-refractivity contribution in [3.63, 3.8) is 0 Å². The van der Waals surface area contributed by atoms with E-state index in [2.05, 4.69) is 10.3 Å². The summed E-state index contributed by atoms with van der Waals surface area (Å²) in [5.74, 6) is 0.152. The zero-order valence-electron chi connectivity index (χ0n) is 17.7. The highest BCUT2D eigenvalue weighted by Crippen LogP contribution is 2.24. The van der Waals surface area contributed by atoms with Crippen LogP contribution in [0.1, 0.15) is 25.5 Å². The fourth-order valence-electron chi connectivity index (χ4n) is 3.73. The molecule has 166 valence electrons. The van der Waals surface area contributed by atoms with Gasteiger partial charge in [-0.3, -0.25) is 9.59 Å². The van der Waals surface area contributed by atoms with E-state index in [4.69, 9.17) is 16.3 Å². The van der Waals surface area contributed by atoms with E-state index >= 15 is 0 Å². The largest absolute Gasteiger partial charge is 0.481 e. The Morgan fingerprint density at radius 1 is 1.25 bits per heavy atom. The van der Waals surface area contributed by atoms with Crippen LogP contribution < -0.4 is 10.1 Å². The van der Waals surface area contributed by atoms with Crippen molar-refractivity contribution in [3.05, 3.63) is 70.7 Å². The molecular weight excluding hydrogens is 446 g/mol. The second kappa shape index (κ2) is 10.1. The first-order chi connectivity index (χ1) is 15.5. The van der Waals surface area contributed by atoms with Crippen LogP contribution in [0, 0.1) is 0 Å². The Hall–Kier alpha value is -2.90. The monoisotopic (exact) mass is 469 g/mol. The molecule has 0 radical (unpaired) electrons. The van der Waals surface area contributed by atoms with E-state index in [9.17, 15) is 9.59 Å². The van der Waals surface area contributed by atoms with Crippen LogP contribution >= 0.6 is 22.9 Å². The summed E-state index contributed by atoms with van der Waals surface area (Å²) >= 11 is 7.53. The summed E-state index contributed by atoms with van der Waals surface area (Å²) in [5.41, 5.74) is 1.85. The van der Waals surface area contributed by atoms with E-state index in [1.807, 2.05) is 35.7 Å². The highest BCUT2D eigenvalue weighted by molar-refractivity contribution is 7.13. The Balaban J connectivity index is 1.34. The smallest absolute Gasteiger partial charge is 0.264 e. The number of nitrogens with zero attached hydrogens (tertiary/aromatic N) is 2. The van der Waals surface area contributed by atoms with Gasteiger partial charge in [-0.05, 0) is 38.0 Å². The van der Waals surface area contributed by atoms with Crippen LogP contribution in [0.25, 0.3) is 10.6 Å². The van der Waals surface area contributed by atoms with Gasteiger partial charge in [0.2, 0.25) is 5.91 Å². The first-order valence-corrected chi connectivity index (χ1v) is 11.8. The number of rotatable bonds is 7. The molecular formula is C24H24ClN3O3S. The minimum absolute atomic E-state index is 0.167. The Bertz CT molecular complexity index is 1090.